The first-order valence-corrected chi connectivity index (χ1v) is 7.83. The number of rotatable bonds is 6. The van der Waals surface area contributed by atoms with Gasteiger partial charge in [-0.15, -0.1) is 0 Å². The Hall–Kier alpha value is -2.57. The lowest BCUT2D eigenvalue weighted by molar-refractivity contribution is -0.146. The van der Waals surface area contributed by atoms with Crippen molar-refractivity contribution < 1.29 is 24.2 Å². The zero-order chi connectivity index (χ0) is 17.9. The van der Waals surface area contributed by atoms with E-state index in [1.807, 2.05) is 19.1 Å². The third kappa shape index (κ3) is 3.67. The number of hydrogen-bond donors (Lipinski definition) is 1. The van der Waals surface area contributed by atoms with Gasteiger partial charge in [0.1, 0.15) is 12.3 Å². The largest absolute Gasteiger partial charge is 0.495 e. The van der Waals surface area contributed by atoms with E-state index in [-0.39, 0.29) is 31.3 Å². The summed E-state index contributed by atoms with van der Waals surface area (Å²) in [6.45, 7) is 3.81. The van der Waals surface area contributed by atoms with Crippen LogP contribution in [-0.4, -0.2) is 54.5 Å². The van der Waals surface area contributed by atoms with Gasteiger partial charge in [-0.1, -0.05) is 6.07 Å². The van der Waals surface area contributed by atoms with E-state index in [0.29, 0.717) is 18.0 Å². The Balaban J connectivity index is 2.20. The number of aryl methyl sites for hydroxylation is 1. The van der Waals surface area contributed by atoms with Gasteiger partial charge in [-0.25, -0.2) is 0 Å². The van der Waals surface area contributed by atoms with E-state index in [1.165, 1.54) is 12.0 Å². The first-order valence-electron chi connectivity index (χ1n) is 7.83. The molecule has 1 aromatic carbocycles. The Morgan fingerprint density at radius 3 is 2.71 bits per heavy atom. The van der Waals surface area contributed by atoms with Crippen molar-refractivity contribution in [3.05, 3.63) is 23.8 Å². The van der Waals surface area contributed by atoms with Crippen molar-refractivity contribution in [1.82, 2.24) is 4.90 Å². The summed E-state index contributed by atoms with van der Waals surface area (Å²) >= 11 is 0. The van der Waals surface area contributed by atoms with E-state index < -0.39 is 11.9 Å². The van der Waals surface area contributed by atoms with Crippen LogP contribution in [0.15, 0.2) is 18.2 Å². The molecule has 1 atom stereocenters. The number of nitrogens with zero attached hydrogens (tertiary/aromatic N) is 2. The minimum absolute atomic E-state index is 0.0754. The van der Waals surface area contributed by atoms with Crippen molar-refractivity contribution in [1.29, 1.82) is 0 Å². The SMILES string of the molecule is CCN(CC(=O)O)C(=O)C1CC(=O)N(c2cc(C)ccc2OC)C1. The van der Waals surface area contributed by atoms with Crippen molar-refractivity contribution in [3.63, 3.8) is 0 Å². The summed E-state index contributed by atoms with van der Waals surface area (Å²) < 4.78 is 5.31. The van der Waals surface area contributed by atoms with Gasteiger partial charge < -0.3 is 19.6 Å². The van der Waals surface area contributed by atoms with Gasteiger partial charge in [-0.3, -0.25) is 14.4 Å². The van der Waals surface area contributed by atoms with E-state index in [1.54, 1.807) is 17.9 Å². The summed E-state index contributed by atoms with van der Waals surface area (Å²) in [7, 11) is 1.53. The average molecular weight is 334 g/mol. The number of carboxylic acid groups (broad SMARTS) is 1. The zero-order valence-electron chi connectivity index (χ0n) is 14.1. The molecule has 0 aliphatic carbocycles. The van der Waals surface area contributed by atoms with Crippen LogP contribution in [0.2, 0.25) is 0 Å². The fraction of sp³-hybridized carbons (Fsp3) is 0.471. The molecule has 2 amide bonds. The van der Waals surface area contributed by atoms with Gasteiger partial charge in [-0.2, -0.15) is 0 Å². The Morgan fingerprint density at radius 1 is 1.42 bits per heavy atom. The molecule has 0 spiro atoms. The van der Waals surface area contributed by atoms with E-state index in [4.69, 9.17) is 9.84 Å². The smallest absolute Gasteiger partial charge is 0.323 e. The molecule has 7 nitrogen and oxygen atoms in total. The molecular formula is C17H22N2O5. The summed E-state index contributed by atoms with van der Waals surface area (Å²) in [6, 6.07) is 5.52. The van der Waals surface area contributed by atoms with Gasteiger partial charge in [0.25, 0.3) is 0 Å². The van der Waals surface area contributed by atoms with Crippen LogP contribution >= 0.6 is 0 Å². The molecule has 1 aliphatic heterocycles. The Bertz CT molecular complexity index is 658. The highest BCUT2D eigenvalue weighted by Crippen LogP contribution is 2.34. The lowest BCUT2D eigenvalue weighted by Crippen LogP contribution is -2.40. The number of ether oxygens (including phenoxy) is 1. The number of aliphatic carboxylic acids is 1. The second kappa shape index (κ2) is 7.33. The molecule has 1 saturated heterocycles. The van der Waals surface area contributed by atoms with Crippen molar-refractivity contribution in [2.45, 2.75) is 20.3 Å². The second-order valence-corrected chi connectivity index (χ2v) is 5.83. The number of carboxylic acids is 1. The molecule has 2 rings (SSSR count). The minimum Gasteiger partial charge on any atom is -0.495 e. The monoisotopic (exact) mass is 334 g/mol. The van der Waals surface area contributed by atoms with E-state index in [2.05, 4.69) is 0 Å². The standard InChI is InChI=1S/C17H22N2O5/c1-4-18(10-16(21)22)17(23)12-8-15(20)19(9-12)13-7-11(2)5-6-14(13)24-3/h5-7,12H,4,8-10H2,1-3H3,(H,21,22). The molecule has 1 N–H and O–H groups in total. The molecule has 7 heteroatoms. The Morgan fingerprint density at radius 2 is 2.12 bits per heavy atom. The number of carbonyl (C=O) groups is 3. The highest BCUT2D eigenvalue weighted by molar-refractivity contribution is 6.01. The third-order valence-electron chi connectivity index (χ3n) is 4.12. The van der Waals surface area contributed by atoms with Crippen LogP contribution in [0.25, 0.3) is 0 Å². The molecule has 1 aliphatic rings. The predicted octanol–water partition coefficient (Wildman–Crippen LogP) is 1.29. The first-order chi connectivity index (χ1) is 11.4. The highest BCUT2D eigenvalue weighted by Gasteiger charge is 2.38. The zero-order valence-corrected chi connectivity index (χ0v) is 14.1. The van der Waals surface area contributed by atoms with E-state index in [9.17, 15) is 14.4 Å². The van der Waals surface area contributed by atoms with E-state index >= 15 is 0 Å². The maximum atomic E-state index is 12.5. The van der Waals surface area contributed by atoms with Crippen LogP contribution in [0.4, 0.5) is 5.69 Å². The fourth-order valence-corrected chi connectivity index (χ4v) is 2.88. The minimum atomic E-state index is -1.06. The lowest BCUT2D eigenvalue weighted by Gasteiger charge is -2.23. The Kier molecular flexibility index (Phi) is 5.43. The van der Waals surface area contributed by atoms with Gasteiger partial charge in [0.2, 0.25) is 11.8 Å². The molecule has 0 aromatic heterocycles. The molecule has 1 heterocycles. The number of benzene rings is 1. The molecule has 1 aromatic rings. The number of amides is 2. The van der Waals surface area contributed by atoms with Gasteiger partial charge in [-0.05, 0) is 31.5 Å². The van der Waals surface area contributed by atoms with Gasteiger partial charge in [0.15, 0.2) is 0 Å². The summed E-state index contributed by atoms with van der Waals surface area (Å²) in [5.74, 6) is -1.50. The topological polar surface area (TPSA) is 87.2 Å². The number of likely N-dealkylation sites (N-methyl/N-ethyl adjacent to an activating group) is 1. The van der Waals surface area contributed by atoms with Gasteiger partial charge >= 0.3 is 5.97 Å². The molecule has 0 radical (unpaired) electrons. The van der Waals surface area contributed by atoms with Crippen LogP contribution < -0.4 is 9.64 Å². The molecule has 0 bridgehead atoms. The van der Waals surface area contributed by atoms with Crippen molar-refractivity contribution in [3.8, 4) is 5.75 Å². The molecule has 0 saturated carbocycles. The summed E-state index contributed by atoms with van der Waals surface area (Å²) in [6.07, 6.45) is 0.0754. The molecule has 1 unspecified atom stereocenters. The van der Waals surface area contributed by atoms with Crippen molar-refractivity contribution >= 4 is 23.5 Å². The maximum Gasteiger partial charge on any atom is 0.323 e. The molecule has 1 fully saturated rings. The van der Waals surface area contributed by atoms with Crippen LogP contribution in [-0.2, 0) is 14.4 Å². The average Bonchev–Trinajstić information content (AvgIpc) is 2.93. The lowest BCUT2D eigenvalue weighted by atomic mass is 10.1. The number of anilines is 1. The number of carbonyl (C=O) groups excluding carboxylic acids is 2. The highest BCUT2D eigenvalue weighted by atomic mass is 16.5. The Labute approximate surface area is 140 Å². The van der Waals surface area contributed by atoms with Crippen molar-refractivity contribution in [2.24, 2.45) is 5.92 Å². The summed E-state index contributed by atoms with van der Waals surface area (Å²) in [5.41, 5.74) is 1.62. The predicted molar refractivity (Wildman–Crippen MR) is 88.1 cm³/mol. The van der Waals surface area contributed by atoms with Crippen LogP contribution in [0.5, 0.6) is 5.75 Å². The number of methoxy groups -OCH3 is 1. The summed E-state index contributed by atoms with van der Waals surface area (Å²) in [4.78, 5) is 38.6. The quantitative estimate of drug-likeness (QED) is 0.847. The maximum absolute atomic E-state index is 12.5. The molecular weight excluding hydrogens is 312 g/mol. The summed E-state index contributed by atoms with van der Waals surface area (Å²) in [5, 5.41) is 8.90. The van der Waals surface area contributed by atoms with Crippen LogP contribution in [0.1, 0.15) is 18.9 Å². The second-order valence-electron chi connectivity index (χ2n) is 5.83. The third-order valence-corrected chi connectivity index (χ3v) is 4.12. The molecule has 24 heavy (non-hydrogen) atoms. The molecule has 130 valence electrons. The normalized spacial score (nSPS) is 17.0. The van der Waals surface area contributed by atoms with Crippen LogP contribution in [0.3, 0.4) is 0 Å². The van der Waals surface area contributed by atoms with Crippen LogP contribution in [0, 0.1) is 12.8 Å². The van der Waals surface area contributed by atoms with E-state index in [0.717, 1.165) is 5.56 Å². The van der Waals surface area contributed by atoms with Gasteiger partial charge in [0, 0.05) is 19.5 Å². The van der Waals surface area contributed by atoms with Gasteiger partial charge in [0.05, 0.1) is 18.7 Å². The first kappa shape index (κ1) is 17.8. The fourth-order valence-electron chi connectivity index (χ4n) is 2.88. The van der Waals surface area contributed by atoms with Crippen molar-refractivity contribution in [2.75, 3.05) is 31.6 Å². The number of hydrogen-bond acceptors (Lipinski definition) is 4.